The summed E-state index contributed by atoms with van der Waals surface area (Å²) in [6.07, 6.45) is 5.69. The summed E-state index contributed by atoms with van der Waals surface area (Å²) in [6, 6.07) is 5.14. The number of ether oxygens (including phenoxy) is 1. The predicted molar refractivity (Wildman–Crippen MR) is 106 cm³/mol. The molecule has 7 heteroatoms. The standard InChI is InChI=1S/C19H17Cl2NO3S/c1-2-25-19(24)17-12-5-3-8-15(12)26-18(17)22-16(23)10-9-11-13(20)6-4-7-14(11)21/h4,6-7,9-10H,2-3,5,8H2,1H3,(H,22,23). The van der Waals surface area contributed by atoms with Gasteiger partial charge in [-0.2, -0.15) is 0 Å². The lowest BCUT2D eigenvalue weighted by Gasteiger charge is -2.06. The van der Waals surface area contributed by atoms with Crippen molar-refractivity contribution in [2.75, 3.05) is 11.9 Å². The van der Waals surface area contributed by atoms with E-state index in [4.69, 9.17) is 27.9 Å². The minimum atomic E-state index is -0.389. The molecule has 0 unspecified atom stereocenters. The van der Waals surface area contributed by atoms with E-state index in [0.29, 0.717) is 32.8 Å². The Labute approximate surface area is 165 Å². The zero-order valence-electron chi connectivity index (χ0n) is 14.1. The van der Waals surface area contributed by atoms with E-state index in [1.807, 2.05) is 0 Å². The number of carbonyl (C=O) groups is 2. The number of rotatable bonds is 5. The van der Waals surface area contributed by atoms with Crippen molar-refractivity contribution < 1.29 is 14.3 Å². The van der Waals surface area contributed by atoms with Gasteiger partial charge in [-0.15, -0.1) is 11.3 Å². The molecule has 0 saturated carbocycles. The summed E-state index contributed by atoms with van der Waals surface area (Å²) in [5.74, 6) is -0.744. The highest BCUT2D eigenvalue weighted by Gasteiger charge is 2.28. The van der Waals surface area contributed by atoms with Gasteiger partial charge in [0.15, 0.2) is 0 Å². The summed E-state index contributed by atoms with van der Waals surface area (Å²) in [4.78, 5) is 25.8. The highest BCUT2D eigenvalue weighted by Crippen LogP contribution is 2.39. The summed E-state index contributed by atoms with van der Waals surface area (Å²) in [6.45, 7) is 2.06. The monoisotopic (exact) mass is 409 g/mol. The van der Waals surface area contributed by atoms with Crippen LogP contribution in [-0.2, 0) is 22.4 Å². The molecule has 0 bridgehead atoms. The average Bonchev–Trinajstić information content (AvgIpc) is 3.15. The maximum absolute atomic E-state index is 12.3. The third-order valence-electron chi connectivity index (χ3n) is 4.04. The third-order valence-corrected chi connectivity index (χ3v) is 5.91. The second kappa shape index (κ2) is 8.25. The molecule has 1 aliphatic rings. The number of hydrogen-bond donors (Lipinski definition) is 1. The van der Waals surface area contributed by atoms with Crippen molar-refractivity contribution in [2.24, 2.45) is 0 Å². The molecule has 0 spiro atoms. The molecule has 1 aromatic carbocycles. The van der Waals surface area contributed by atoms with Crippen LogP contribution < -0.4 is 5.32 Å². The molecule has 1 N–H and O–H groups in total. The number of carbonyl (C=O) groups excluding carboxylic acids is 2. The average molecular weight is 410 g/mol. The molecule has 1 heterocycles. The molecule has 0 fully saturated rings. The normalized spacial score (nSPS) is 13.0. The predicted octanol–water partition coefficient (Wildman–Crippen LogP) is 5.37. The molecule has 1 aromatic heterocycles. The maximum atomic E-state index is 12.3. The number of esters is 1. The molecule has 136 valence electrons. The molecule has 1 aliphatic carbocycles. The number of aryl methyl sites for hydroxylation is 1. The van der Waals surface area contributed by atoms with E-state index in [1.54, 1.807) is 31.2 Å². The zero-order chi connectivity index (χ0) is 18.7. The molecule has 0 atom stereocenters. The molecule has 0 radical (unpaired) electrons. The molecule has 0 aliphatic heterocycles. The quantitative estimate of drug-likeness (QED) is 0.533. The van der Waals surface area contributed by atoms with Crippen LogP contribution in [0.5, 0.6) is 0 Å². The molecular formula is C19H17Cl2NO3S. The van der Waals surface area contributed by atoms with Gasteiger partial charge in [-0.3, -0.25) is 4.79 Å². The lowest BCUT2D eigenvalue weighted by Crippen LogP contribution is -2.13. The second-order valence-corrected chi connectivity index (χ2v) is 7.66. The number of hydrogen-bond acceptors (Lipinski definition) is 4. The number of halogens is 2. The van der Waals surface area contributed by atoms with E-state index >= 15 is 0 Å². The van der Waals surface area contributed by atoms with Crippen molar-refractivity contribution in [3.8, 4) is 0 Å². The van der Waals surface area contributed by atoms with Gasteiger partial charge in [0, 0.05) is 26.6 Å². The lowest BCUT2D eigenvalue weighted by atomic mass is 10.1. The number of amides is 1. The Balaban J connectivity index is 1.82. The van der Waals surface area contributed by atoms with E-state index in [9.17, 15) is 9.59 Å². The second-order valence-electron chi connectivity index (χ2n) is 5.74. The van der Waals surface area contributed by atoms with Crippen molar-refractivity contribution in [3.05, 3.63) is 55.9 Å². The number of fused-ring (bicyclic) bond motifs is 1. The fourth-order valence-electron chi connectivity index (χ4n) is 2.89. The highest BCUT2D eigenvalue weighted by atomic mass is 35.5. The van der Waals surface area contributed by atoms with Crippen LogP contribution in [-0.4, -0.2) is 18.5 Å². The summed E-state index contributed by atoms with van der Waals surface area (Å²) in [5, 5.41) is 4.25. The van der Waals surface area contributed by atoms with Crippen molar-refractivity contribution in [1.82, 2.24) is 0 Å². The Hall–Kier alpha value is -1.82. The maximum Gasteiger partial charge on any atom is 0.341 e. The first-order chi connectivity index (χ1) is 12.5. The topological polar surface area (TPSA) is 55.4 Å². The molecule has 3 rings (SSSR count). The highest BCUT2D eigenvalue weighted by molar-refractivity contribution is 7.17. The molecule has 1 amide bonds. The van der Waals surface area contributed by atoms with Crippen molar-refractivity contribution in [2.45, 2.75) is 26.2 Å². The first-order valence-electron chi connectivity index (χ1n) is 8.26. The summed E-state index contributed by atoms with van der Waals surface area (Å²) in [7, 11) is 0. The number of benzene rings is 1. The van der Waals surface area contributed by atoms with Crippen molar-refractivity contribution in [1.29, 1.82) is 0 Å². The van der Waals surface area contributed by atoms with Crippen LogP contribution >= 0.6 is 34.5 Å². The number of nitrogens with one attached hydrogen (secondary N) is 1. The van der Waals surface area contributed by atoms with Gasteiger partial charge in [0.1, 0.15) is 5.00 Å². The number of thiophene rings is 1. The Morgan fingerprint density at radius 2 is 2.00 bits per heavy atom. The van der Waals surface area contributed by atoms with Crippen molar-refractivity contribution >= 4 is 57.5 Å². The van der Waals surface area contributed by atoms with Gasteiger partial charge in [-0.1, -0.05) is 29.3 Å². The van der Waals surface area contributed by atoms with Gasteiger partial charge < -0.3 is 10.1 Å². The van der Waals surface area contributed by atoms with E-state index in [-0.39, 0.29) is 11.9 Å². The fraction of sp³-hybridized carbons (Fsp3) is 0.263. The molecular weight excluding hydrogens is 393 g/mol. The minimum Gasteiger partial charge on any atom is -0.462 e. The Morgan fingerprint density at radius 1 is 1.27 bits per heavy atom. The zero-order valence-corrected chi connectivity index (χ0v) is 16.4. The Kier molecular flexibility index (Phi) is 6.01. The molecule has 26 heavy (non-hydrogen) atoms. The van der Waals surface area contributed by atoms with Crippen LogP contribution in [0.15, 0.2) is 24.3 Å². The van der Waals surface area contributed by atoms with E-state index < -0.39 is 0 Å². The summed E-state index contributed by atoms with van der Waals surface area (Å²) in [5.41, 5.74) is 2.06. The van der Waals surface area contributed by atoms with E-state index in [0.717, 1.165) is 29.7 Å². The third kappa shape index (κ3) is 3.95. The van der Waals surface area contributed by atoms with Gasteiger partial charge in [0.25, 0.3) is 0 Å². The van der Waals surface area contributed by atoms with Crippen molar-refractivity contribution in [3.63, 3.8) is 0 Å². The Bertz CT molecular complexity index is 869. The first kappa shape index (κ1) is 19.0. The van der Waals surface area contributed by atoms with E-state index in [1.165, 1.54) is 17.4 Å². The van der Waals surface area contributed by atoms with Crippen LogP contribution in [0.25, 0.3) is 6.08 Å². The van der Waals surface area contributed by atoms with Gasteiger partial charge in [-0.25, -0.2) is 4.79 Å². The van der Waals surface area contributed by atoms with Gasteiger partial charge >= 0.3 is 5.97 Å². The molecule has 0 saturated heterocycles. The van der Waals surface area contributed by atoms with Gasteiger partial charge in [0.2, 0.25) is 5.91 Å². The number of anilines is 1. The summed E-state index contributed by atoms with van der Waals surface area (Å²) < 4.78 is 5.16. The van der Waals surface area contributed by atoms with Gasteiger partial charge in [-0.05, 0) is 50.0 Å². The van der Waals surface area contributed by atoms with Crippen LogP contribution in [0.1, 0.15) is 39.7 Å². The van der Waals surface area contributed by atoms with Crippen LogP contribution in [0, 0.1) is 0 Å². The largest absolute Gasteiger partial charge is 0.462 e. The van der Waals surface area contributed by atoms with Crippen LogP contribution in [0.2, 0.25) is 10.0 Å². The smallest absolute Gasteiger partial charge is 0.341 e. The molecule has 4 nitrogen and oxygen atoms in total. The molecule has 2 aromatic rings. The SMILES string of the molecule is CCOC(=O)c1c(NC(=O)C=Cc2c(Cl)cccc2Cl)sc2c1CCC2. The Morgan fingerprint density at radius 3 is 2.69 bits per heavy atom. The lowest BCUT2D eigenvalue weighted by molar-refractivity contribution is -0.111. The summed E-state index contributed by atoms with van der Waals surface area (Å²) >= 11 is 13.6. The fourth-order valence-corrected chi connectivity index (χ4v) is 4.70. The van der Waals surface area contributed by atoms with E-state index in [2.05, 4.69) is 5.32 Å². The first-order valence-corrected chi connectivity index (χ1v) is 9.83. The minimum absolute atomic E-state index is 0.293. The van der Waals surface area contributed by atoms with Crippen LogP contribution in [0.4, 0.5) is 5.00 Å². The van der Waals surface area contributed by atoms with Gasteiger partial charge in [0.05, 0.1) is 12.2 Å². The van der Waals surface area contributed by atoms with Crippen LogP contribution in [0.3, 0.4) is 0 Å².